The molecule has 0 atom stereocenters. The highest BCUT2D eigenvalue weighted by atomic mass is 14.8. The molecular formula is C10H20N2. The minimum absolute atomic E-state index is 0.794. The fourth-order valence-corrected chi connectivity index (χ4v) is 0.902. The van der Waals surface area contributed by atoms with Gasteiger partial charge in [-0.3, -0.25) is 4.99 Å². The second-order valence-electron chi connectivity index (χ2n) is 2.79. The monoisotopic (exact) mass is 168 g/mol. The fourth-order valence-electron chi connectivity index (χ4n) is 0.902. The lowest BCUT2D eigenvalue weighted by Gasteiger charge is -1.95. The van der Waals surface area contributed by atoms with Crippen LogP contribution in [0.2, 0.25) is 0 Å². The van der Waals surface area contributed by atoms with Crippen molar-refractivity contribution in [2.24, 2.45) is 10.7 Å². The average Bonchev–Trinajstić information content (AvgIpc) is 2.05. The summed E-state index contributed by atoms with van der Waals surface area (Å²) < 4.78 is 0. The number of amidine groups is 1. The van der Waals surface area contributed by atoms with Crippen molar-refractivity contribution < 1.29 is 0 Å². The van der Waals surface area contributed by atoms with E-state index in [2.05, 4.69) is 31.0 Å². The Balaban J connectivity index is 3.39. The maximum absolute atomic E-state index is 5.62. The highest BCUT2D eigenvalue weighted by molar-refractivity contribution is 5.80. The summed E-state index contributed by atoms with van der Waals surface area (Å²) in [4.78, 5) is 4.23. The molecule has 0 saturated carbocycles. The first-order chi connectivity index (χ1) is 5.81. The van der Waals surface area contributed by atoms with E-state index in [1.165, 1.54) is 0 Å². The molecule has 0 bridgehead atoms. The Labute approximate surface area is 75.6 Å². The Morgan fingerprint density at radius 1 is 1.33 bits per heavy atom. The normalized spacial score (nSPS) is 12.7. The lowest BCUT2D eigenvalue weighted by molar-refractivity contribution is 0.940. The zero-order valence-corrected chi connectivity index (χ0v) is 8.21. The standard InChI is InChI=1S/C10H20N2/c1-3-5-6-7-9-12-10(11)8-4-2/h5-6H,3-4,7-9H2,1-2H3,(H2,11,12)/b6-5-. The van der Waals surface area contributed by atoms with E-state index in [9.17, 15) is 0 Å². The molecule has 0 amide bonds. The van der Waals surface area contributed by atoms with Gasteiger partial charge < -0.3 is 5.73 Å². The third-order valence-corrected chi connectivity index (χ3v) is 1.52. The molecule has 2 nitrogen and oxygen atoms in total. The smallest absolute Gasteiger partial charge is 0.0937 e. The van der Waals surface area contributed by atoms with Gasteiger partial charge in [0.1, 0.15) is 0 Å². The highest BCUT2D eigenvalue weighted by Gasteiger charge is 1.87. The maximum Gasteiger partial charge on any atom is 0.0937 e. The number of hydrogen-bond acceptors (Lipinski definition) is 1. The Hall–Kier alpha value is -0.790. The van der Waals surface area contributed by atoms with Gasteiger partial charge in [0.25, 0.3) is 0 Å². The largest absolute Gasteiger partial charge is 0.387 e. The van der Waals surface area contributed by atoms with Crippen LogP contribution in [0.1, 0.15) is 39.5 Å². The molecule has 0 fully saturated rings. The van der Waals surface area contributed by atoms with Crippen molar-refractivity contribution >= 4 is 5.84 Å². The fraction of sp³-hybridized carbons (Fsp3) is 0.700. The molecule has 0 unspecified atom stereocenters. The number of nitrogens with two attached hydrogens (primary N) is 1. The van der Waals surface area contributed by atoms with E-state index in [4.69, 9.17) is 5.73 Å². The van der Waals surface area contributed by atoms with E-state index in [1.54, 1.807) is 0 Å². The number of aliphatic imine (C=N–C) groups is 1. The van der Waals surface area contributed by atoms with Crippen molar-refractivity contribution in [3.05, 3.63) is 12.2 Å². The van der Waals surface area contributed by atoms with Gasteiger partial charge in [-0.1, -0.05) is 26.0 Å². The van der Waals surface area contributed by atoms with Gasteiger partial charge in [0.05, 0.1) is 5.84 Å². The average molecular weight is 168 g/mol. The molecule has 0 saturated heterocycles. The minimum atomic E-state index is 0.794. The van der Waals surface area contributed by atoms with Crippen LogP contribution in [0.4, 0.5) is 0 Å². The van der Waals surface area contributed by atoms with Gasteiger partial charge in [-0.2, -0.15) is 0 Å². The van der Waals surface area contributed by atoms with Gasteiger partial charge in [-0.05, 0) is 19.3 Å². The second-order valence-corrected chi connectivity index (χ2v) is 2.79. The molecule has 2 heteroatoms. The summed E-state index contributed by atoms with van der Waals surface area (Å²) in [6.07, 6.45) is 8.44. The molecule has 0 aliphatic heterocycles. The molecule has 0 radical (unpaired) electrons. The van der Waals surface area contributed by atoms with E-state index in [0.29, 0.717) is 0 Å². The zero-order valence-electron chi connectivity index (χ0n) is 8.21. The Bertz CT molecular complexity index is 148. The van der Waals surface area contributed by atoms with E-state index in [1.807, 2.05) is 0 Å². The summed E-state index contributed by atoms with van der Waals surface area (Å²) in [5.74, 6) is 0.794. The predicted molar refractivity (Wildman–Crippen MR) is 55.4 cm³/mol. The van der Waals surface area contributed by atoms with Gasteiger partial charge >= 0.3 is 0 Å². The third kappa shape index (κ3) is 7.32. The van der Waals surface area contributed by atoms with Crippen LogP contribution in [-0.2, 0) is 0 Å². The lowest BCUT2D eigenvalue weighted by atomic mass is 10.3. The first-order valence-electron chi connectivity index (χ1n) is 4.75. The zero-order chi connectivity index (χ0) is 9.23. The van der Waals surface area contributed by atoms with Crippen LogP contribution in [0.25, 0.3) is 0 Å². The highest BCUT2D eigenvalue weighted by Crippen LogP contribution is 1.90. The molecule has 70 valence electrons. The van der Waals surface area contributed by atoms with Gasteiger partial charge in [0, 0.05) is 13.0 Å². The first-order valence-corrected chi connectivity index (χ1v) is 4.75. The van der Waals surface area contributed by atoms with Gasteiger partial charge in [0.15, 0.2) is 0 Å². The SMILES string of the molecule is CC/C=C\CC/N=C(/N)CCC. The summed E-state index contributed by atoms with van der Waals surface area (Å²) in [5, 5.41) is 0. The molecule has 0 aliphatic carbocycles. The predicted octanol–water partition coefficient (Wildman–Crippen LogP) is 2.50. The van der Waals surface area contributed by atoms with Crippen molar-refractivity contribution in [1.29, 1.82) is 0 Å². The first kappa shape index (κ1) is 11.2. The molecule has 0 aliphatic rings. The third-order valence-electron chi connectivity index (χ3n) is 1.52. The lowest BCUT2D eigenvalue weighted by Crippen LogP contribution is -2.11. The van der Waals surface area contributed by atoms with E-state index in [0.717, 1.165) is 38.1 Å². The van der Waals surface area contributed by atoms with Crippen LogP contribution in [0.5, 0.6) is 0 Å². The van der Waals surface area contributed by atoms with Crippen molar-refractivity contribution in [3.8, 4) is 0 Å². The van der Waals surface area contributed by atoms with Gasteiger partial charge in [-0.15, -0.1) is 0 Å². The van der Waals surface area contributed by atoms with Crippen molar-refractivity contribution in [1.82, 2.24) is 0 Å². The van der Waals surface area contributed by atoms with Crippen molar-refractivity contribution in [2.75, 3.05) is 6.54 Å². The molecule has 0 heterocycles. The van der Waals surface area contributed by atoms with Gasteiger partial charge in [-0.25, -0.2) is 0 Å². The summed E-state index contributed by atoms with van der Waals surface area (Å²) in [6, 6.07) is 0. The van der Waals surface area contributed by atoms with Gasteiger partial charge in [0.2, 0.25) is 0 Å². The number of allylic oxidation sites excluding steroid dienone is 1. The number of nitrogens with zero attached hydrogens (tertiary/aromatic N) is 1. The van der Waals surface area contributed by atoms with Crippen molar-refractivity contribution in [3.63, 3.8) is 0 Å². The topological polar surface area (TPSA) is 38.4 Å². The van der Waals surface area contributed by atoms with Crippen LogP contribution in [0.15, 0.2) is 17.1 Å². The van der Waals surface area contributed by atoms with Crippen LogP contribution in [0.3, 0.4) is 0 Å². The summed E-state index contributed by atoms with van der Waals surface area (Å²) in [5.41, 5.74) is 5.62. The second kappa shape index (κ2) is 8.31. The Kier molecular flexibility index (Phi) is 7.76. The maximum atomic E-state index is 5.62. The summed E-state index contributed by atoms with van der Waals surface area (Å²) in [6.45, 7) is 5.08. The summed E-state index contributed by atoms with van der Waals surface area (Å²) in [7, 11) is 0. The minimum Gasteiger partial charge on any atom is -0.387 e. The Morgan fingerprint density at radius 3 is 2.67 bits per heavy atom. The molecule has 0 rings (SSSR count). The molecule has 0 spiro atoms. The summed E-state index contributed by atoms with van der Waals surface area (Å²) >= 11 is 0. The molecule has 0 aromatic heterocycles. The molecule has 12 heavy (non-hydrogen) atoms. The molecule has 0 aromatic rings. The molecular weight excluding hydrogens is 148 g/mol. The Morgan fingerprint density at radius 2 is 2.08 bits per heavy atom. The van der Waals surface area contributed by atoms with Crippen LogP contribution in [-0.4, -0.2) is 12.4 Å². The van der Waals surface area contributed by atoms with E-state index >= 15 is 0 Å². The van der Waals surface area contributed by atoms with Crippen LogP contribution in [0, 0.1) is 0 Å². The number of hydrogen-bond donors (Lipinski definition) is 1. The van der Waals surface area contributed by atoms with Crippen LogP contribution < -0.4 is 5.73 Å². The molecule has 0 aromatic carbocycles. The van der Waals surface area contributed by atoms with E-state index < -0.39 is 0 Å². The van der Waals surface area contributed by atoms with Crippen LogP contribution >= 0.6 is 0 Å². The molecule has 2 N–H and O–H groups in total. The number of rotatable bonds is 6. The van der Waals surface area contributed by atoms with E-state index in [-0.39, 0.29) is 0 Å². The van der Waals surface area contributed by atoms with Crippen molar-refractivity contribution in [2.45, 2.75) is 39.5 Å². The quantitative estimate of drug-likeness (QED) is 0.281.